The van der Waals surface area contributed by atoms with Crippen LogP contribution in [-0.4, -0.2) is 49.1 Å². The van der Waals surface area contributed by atoms with Crippen LogP contribution in [0.25, 0.3) is 10.6 Å². The molecule has 30 heavy (non-hydrogen) atoms. The first kappa shape index (κ1) is 20.5. The summed E-state index contributed by atoms with van der Waals surface area (Å²) in [4.78, 5) is 22.1. The van der Waals surface area contributed by atoms with Crippen LogP contribution in [0.3, 0.4) is 0 Å². The molecule has 0 atom stereocenters. The van der Waals surface area contributed by atoms with Crippen molar-refractivity contribution < 1.29 is 13.9 Å². The molecule has 2 heterocycles. The summed E-state index contributed by atoms with van der Waals surface area (Å²) < 4.78 is 18.6. The number of hydrogen-bond acceptors (Lipinski definition) is 5. The second kappa shape index (κ2) is 8.93. The van der Waals surface area contributed by atoms with E-state index in [1.807, 2.05) is 6.92 Å². The maximum Gasteiger partial charge on any atom is 0.265 e. The topological polar surface area (TPSA) is 45.7 Å². The van der Waals surface area contributed by atoms with E-state index in [0.29, 0.717) is 17.1 Å². The summed E-state index contributed by atoms with van der Waals surface area (Å²) in [6.07, 6.45) is 0. The van der Waals surface area contributed by atoms with Crippen LogP contribution < -0.4 is 4.90 Å². The third kappa shape index (κ3) is 4.52. The Bertz CT molecular complexity index is 1010. The first-order valence-corrected chi connectivity index (χ1v) is 10.7. The van der Waals surface area contributed by atoms with Gasteiger partial charge in [-0.15, -0.1) is 11.3 Å². The molecule has 1 aliphatic heterocycles. The van der Waals surface area contributed by atoms with Crippen LogP contribution in [0.5, 0.6) is 0 Å². The smallest absolute Gasteiger partial charge is 0.265 e. The number of anilines is 1. The summed E-state index contributed by atoms with van der Waals surface area (Å²) >= 11 is 1.34. The van der Waals surface area contributed by atoms with Crippen molar-refractivity contribution in [3.8, 4) is 10.6 Å². The Kier molecular flexibility index (Phi) is 6.11. The lowest BCUT2D eigenvalue weighted by atomic mass is 10.1. The van der Waals surface area contributed by atoms with Gasteiger partial charge in [0.2, 0.25) is 0 Å². The molecule has 1 saturated heterocycles. The first-order valence-electron chi connectivity index (χ1n) is 9.92. The molecule has 0 bridgehead atoms. The second-order valence-corrected chi connectivity index (χ2v) is 8.37. The van der Waals surface area contributed by atoms with Crippen LogP contribution in [0, 0.1) is 12.7 Å². The van der Waals surface area contributed by atoms with E-state index >= 15 is 0 Å². The van der Waals surface area contributed by atoms with Crippen LogP contribution in [0.2, 0.25) is 0 Å². The van der Waals surface area contributed by atoms with Crippen molar-refractivity contribution in [1.82, 2.24) is 9.88 Å². The maximum atomic E-state index is 13.2. The van der Waals surface area contributed by atoms with E-state index in [4.69, 9.17) is 4.74 Å². The highest BCUT2D eigenvalue weighted by molar-refractivity contribution is 7.17. The van der Waals surface area contributed by atoms with E-state index < -0.39 is 0 Å². The van der Waals surface area contributed by atoms with Gasteiger partial charge in [0.05, 0.1) is 18.9 Å². The number of morpholine rings is 1. The summed E-state index contributed by atoms with van der Waals surface area (Å²) in [6.45, 7) is 5.67. The predicted molar refractivity (Wildman–Crippen MR) is 118 cm³/mol. The molecule has 0 unspecified atom stereocenters. The lowest BCUT2D eigenvalue weighted by Crippen LogP contribution is -2.36. The van der Waals surface area contributed by atoms with Crippen LogP contribution in [0.15, 0.2) is 48.5 Å². The lowest BCUT2D eigenvalue weighted by molar-refractivity contribution is 0.0789. The Balaban J connectivity index is 1.44. The third-order valence-electron chi connectivity index (χ3n) is 5.16. The molecule has 1 fully saturated rings. The number of amides is 1. The van der Waals surface area contributed by atoms with Gasteiger partial charge in [0.1, 0.15) is 15.7 Å². The highest BCUT2D eigenvalue weighted by Gasteiger charge is 2.20. The summed E-state index contributed by atoms with van der Waals surface area (Å²) in [6, 6.07) is 14.5. The van der Waals surface area contributed by atoms with E-state index in [0.717, 1.165) is 42.4 Å². The standard InChI is InChI=1S/C23H24FN3O2S/c1-16-21(30-22(25-16)18-5-7-19(24)8-6-18)23(28)26(2)15-17-3-9-20(10-4-17)27-11-13-29-14-12-27/h3-10H,11-15H2,1-2H3. The molecule has 1 aromatic heterocycles. The Morgan fingerprint density at radius 1 is 1.13 bits per heavy atom. The van der Waals surface area contributed by atoms with Gasteiger partial charge in [-0.2, -0.15) is 0 Å². The van der Waals surface area contributed by atoms with Gasteiger partial charge in [-0.1, -0.05) is 12.1 Å². The summed E-state index contributed by atoms with van der Waals surface area (Å²) in [7, 11) is 1.80. The number of benzene rings is 2. The molecule has 2 aromatic carbocycles. The van der Waals surface area contributed by atoms with E-state index in [1.54, 1.807) is 24.1 Å². The van der Waals surface area contributed by atoms with Gasteiger partial charge in [0.25, 0.3) is 5.91 Å². The molecule has 0 saturated carbocycles. The Morgan fingerprint density at radius 3 is 2.47 bits per heavy atom. The quantitative estimate of drug-likeness (QED) is 0.609. The van der Waals surface area contributed by atoms with Crippen molar-refractivity contribution in [3.63, 3.8) is 0 Å². The molecule has 1 amide bonds. The highest BCUT2D eigenvalue weighted by atomic mass is 32.1. The van der Waals surface area contributed by atoms with Crippen molar-refractivity contribution in [2.75, 3.05) is 38.3 Å². The predicted octanol–water partition coefficient (Wildman–Crippen LogP) is 4.37. The average molecular weight is 426 g/mol. The molecule has 0 N–H and O–H groups in total. The van der Waals surface area contributed by atoms with Crippen molar-refractivity contribution in [2.24, 2.45) is 0 Å². The Labute approximate surface area is 179 Å². The maximum absolute atomic E-state index is 13.2. The number of aryl methyl sites for hydroxylation is 1. The molecule has 3 aromatic rings. The molecule has 7 heteroatoms. The summed E-state index contributed by atoms with van der Waals surface area (Å²) in [5.41, 5.74) is 3.76. The number of hydrogen-bond donors (Lipinski definition) is 0. The molecule has 1 aliphatic rings. The van der Waals surface area contributed by atoms with Crippen LogP contribution in [-0.2, 0) is 11.3 Å². The van der Waals surface area contributed by atoms with E-state index in [2.05, 4.69) is 34.1 Å². The number of rotatable bonds is 5. The average Bonchev–Trinajstić information content (AvgIpc) is 3.16. The summed E-state index contributed by atoms with van der Waals surface area (Å²) in [5.74, 6) is -0.349. The molecule has 156 valence electrons. The van der Waals surface area contributed by atoms with Crippen molar-refractivity contribution >= 4 is 22.9 Å². The fourth-order valence-corrected chi connectivity index (χ4v) is 4.53. The molecular formula is C23H24FN3O2S. The van der Waals surface area contributed by atoms with Crippen LogP contribution in [0.4, 0.5) is 10.1 Å². The fraction of sp³-hybridized carbons (Fsp3) is 0.304. The minimum absolute atomic E-state index is 0.0596. The Morgan fingerprint density at radius 2 is 1.80 bits per heavy atom. The number of carbonyl (C=O) groups excluding carboxylic acids is 1. The largest absolute Gasteiger partial charge is 0.378 e. The van der Waals surface area contributed by atoms with Gasteiger partial charge in [-0.05, 0) is 48.9 Å². The van der Waals surface area contributed by atoms with Crippen LogP contribution >= 0.6 is 11.3 Å². The van der Waals surface area contributed by atoms with Gasteiger partial charge in [0.15, 0.2) is 0 Å². The first-order chi connectivity index (χ1) is 14.5. The summed E-state index contributed by atoms with van der Waals surface area (Å²) in [5, 5.41) is 0.721. The van der Waals surface area contributed by atoms with Crippen molar-refractivity contribution in [1.29, 1.82) is 0 Å². The number of thiazole rings is 1. The fourth-order valence-electron chi connectivity index (χ4n) is 3.46. The van der Waals surface area contributed by atoms with Gasteiger partial charge in [-0.3, -0.25) is 4.79 Å². The van der Waals surface area contributed by atoms with Gasteiger partial charge < -0.3 is 14.5 Å². The number of nitrogens with zero attached hydrogens (tertiary/aromatic N) is 3. The zero-order chi connectivity index (χ0) is 21.1. The van der Waals surface area contributed by atoms with Gasteiger partial charge >= 0.3 is 0 Å². The monoisotopic (exact) mass is 425 g/mol. The highest BCUT2D eigenvalue weighted by Crippen LogP contribution is 2.29. The van der Waals surface area contributed by atoms with E-state index in [-0.39, 0.29) is 11.7 Å². The van der Waals surface area contributed by atoms with Crippen LogP contribution in [0.1, 0.15) is 20.9 Å². The zero-order valence-corrected chi connectivity index (χ0v) is 17.9. The zero-order valence-electron chi connectivity index (χ0n) is 17.1. The normalized spacial score (nSPS) is 14.0. The Hall–Kier alpha value is -2.77. The molecule has 0 spiro atoms. The lowest BCUT2D eigenvalue weighted by Gasteiger charge is -2.29. The number of ether oxygens (including phenoxy) is 1. The van der Waals surface area contributed by atoms with Crippen molar-refractivity contribution in [2.45, 2.75) is 13.5 Å². The molecule has 0 aliphatic carbocycles. The molecule has 5 nitrogen and oxygen atoms in total. The van der Waals surface area contributed by atoms with E-state index in [9.17, 15) is 9.18 Å². The minimum Gasteiger partial charge on any atom is -0.378 e. The van der Waals surface area contributed by atoms with E-state index in [1.165, 1.54) is 29.2 Å². The molecule has 0 radical (unpaired) electrons. The minimum atomic E-state index is -0.289. The number of halogens is 1. The van der Waals surface area contributed by atoms with Gasteiger partial charge in [-0.25, -0.2) is 9.37 Å². The van der Waals surface area contributed by atoms with Crippen molar-refractivity contribution in [3.05, 3.63) is 70.5 Å². The molecule has 4 rings (SSSR count). The number of carbonyl (C=O) groups is 1. The van der Waals surface area contributed by atoms with Gasteiger partial charge in [0, 0.05) is 37.9 Å². The SMILES string of the molecule is Cc1nc(-c2ccc(F)cc2)sc1C(=O)N(C)Cc1ccc(N2CCOCC2)cc1. The number of aromatic nitrogens is 1. The second-order valence-electron chi connectivity index (χ2n) is 7.37. The molecular weight excluding hydrogens is 401 g/mol. The third-order valence-corrected chi connectivity index (χ3v) is 6.36.